The first kappa shape index (κ1) is 35.0. The van der Waals surface area contributed by atoms with Crippen molar-refractivity contribution >= 4 is 144 Å². The van der Waals surface area contributed by atoms with Crippen LogP contribution in [0.5, 0.6) is 0 Å². The quantitative estimate of drug-likeness (QED) is 0.124. The summed E-state index contributed by atoms with van der Waals surface area (Å²) in [5.41, 5.74) is 11.9. The Kier molecular flexibility index (Phi) is 7.12. The average Bonchev–Trinajstić information content (AvgIpc) is 3.70. The molecule has 15 rings (SSSR count). The van der Waals surface area contributed by atoms with Crippen molar-refractivity contribution in [3.8, 4) is 5.69 Å². The van der Waals surface area contributed by atoms with Crippen LogP contribution in [0.15, 0.2) is 222 Å². The van der Waals surface area contributed by atoms with Crippen LogP contribution in [0.25, 0.3) is 92.1 Å². The number of nitrogens with zero attached hydrogens (tertiary/aromatic N) is 1. The van der Waals surface area contributed by atoms with Gasteiger partial charge in [-0.25, -0.2) is 0 Å². The Morgan fingerprint density at radius 3 is 1.50 bits per heavy atom. The molecule has 2 aliphatic rings. The minimum Gasteiger partial charge on any atom is -0.310 e. The third-order valence-electron chi connectivity index (χ3n) is 14.6. The van der Waals surface area contributed by atoms with Crippen molar-refractivity contribution in [3.05, 3.63) is 212 Å². The zero-order chi connectivity index (χ0) is 41.6. The number of aromatic nitrogens is 1. The van der Waals surface area contributed by atoms with Crippen LogP contribution in [0.4, 0.5) is 0 Å². The molecule has 1 aromatic heterocycles. The molecule has 4 heteroatoms. The summed E-state index contributed by atoms with van der Waals surface area (Å²) in [6.07, 6.45) is 0. The Morgan fingerprint density at radius 2 is 0.828 bits per heavy atom. The van der Waals surface area contributed by atoms with E-state index in [0.717, 1.165) is 0 Å². The molecule has 64 heavy (non-hydrogen) atoms. The lowest BCUT2D eigenvalue weighted by molar-refractivity contribution is 1.19. The first-order valence-corrected chi connectivity index (χ1v) is 23.2. The summed E-state index contributed by atoms with van der Waals surface area (Å²) in [6.45, 7) is 0.0775. The van der Waals surface area contributed by atoms with E-state index in [9.17, 15) is 0 Å². The zero-order valence-electron chi connectivity index (χ0n) is 34.7. The fraction of sp³-hybridized carbons (Fsp3) is 0. The second kappa shape index (κ2) is 13.0. The van der Waals surface area contributed by atoms with Gasteiger partial charge in [0.1, 0.15) is 0 Å². The molecule has 3 heterocycles. The zero-order valence-corrected chi connectivity index (χ0v) is 35.5. The molecule has 13 aromatic rings. The summed E-state index contributed by atoms with van der Waals surface area (Å²) in [5, 5.41) is 18.0. The van der Waals surface area contributed by atoms with Gasteiger partial charge in [0.25, 0.3) is 0 Å². The van der Waals surface area contributed by atoms with Gasteiger partial charge >= 0.3 is 0 Å². The minimum atomic E-state index is 0.0107. The summed E-state index contributed by atoms with van der Waals surface area (Å²) in [7, 11) is 0. The number of rotatable bonds is 2. The first-order chi connectivity index (χ1) is 31.7. The maximum absolute atomic E-state index is 2.65. The van der Waals surface area contributed by atoms with Crippen molar-refractivity contribution in [2.45, 2.75) is 9.79 Å². The van der Waals surface area contributed by atoms with Gasteiger partial charge in [0, 0.05) is 26.3 Å². The second-order valence-electron chi connectivity index (χ2n) is 18.0. The molecular weight excluding hydrogens is 788 g/mol. The van der Waals surface area contributed by atoms with Crippen molar-refractivity contribution in [2.24, 2.45) is 0 Å². The van der Waals surface area contributed by atoms with Crippen LogP contribution in [0.2, 0.25) is 0 Å². The highest BCUT2D eigenvalue weighted by Gasteiger charge is 2.39. The van der Waals surface area contributed by atoms with Gasteiger partial charge in [0.15, 0.2) is 0 Å². The van der Waals surface area contributed by atoms with Gasteiger partial charge in [0.2, 0.25) is 13.4 Å². The predicted molar refractivity (Wildman–Crippen MR) is 279 cm³/mol. The van der Waals surface area contributed by atoms with E-state index in [1.165, 1.54) is 135 Å². The van der Waals surface area contributed by atoms with Crippen molar-refractivity contribution in [2.75, 3.05) is 0 Å². The predicted octanol–water partition coefficient (Wildman–Crippen LogP) is 11.5. The van der Waals surface area contributed by atoms with E-state index in [2.05, 4.69) is 217 Å². The Bertz CT molecular complexity index is 4200. The lowest BCUT2D eigenvalue weighted by atomic mass is 9.33. The second-order valence-corrected chi connectivity index (χ2v) is 19.1. The highest BCUT2D eigenvalue weighted by Crippen LogP contribution is 2.42. The third-order valence-corrected chi connectivity index (χ3v) is 15.7. The molecule has 2 aliphatic heterocycles. The molecule has 12 aromatic carbocycles. The summed E-state index contributed by atoms with van der Waals surface area (Å²) < 4.78 is 2.65. The molecule has 0 fully saturated rings. The number of fused-ring (bicyclic) bond motifs is 15. The van der Waals surface area contributed by atoms with Gasteiger partial charge in [-0.2, -0.15) is 0 Å². The molecular formula is C60H35B2NS. The summed E-state index contributed by atoms with van der Waals surface area (Å²) in [4.78, 5) is 2.66. The van der Waals surface area contributed by atoms with Gasteiger partial charge < -0.3 is 4.57 Å². The highest BCUT2D eigenvalue weighted by atomic mass is 32.2. The summed E-state index contributed by atoms with van der Waals surface area (Å²) in [6, 6.07) is 80.9. The molecule has 0 spiro atoms. The monoisotopic (exact) mass is 823 g/mol. The molecule has 0 unspecified atom stereocenters. The Morgan fingerprint density at radius 1 is 0.312 bits per heavy atom. The lowest BCUT2D eigenvalue weighted by Crippen LogP contribution is -2.59. The Hall–Kier alpha value is -7.52. The molecule has 0 aliphatic carbocycles. The number of hydrogen-bond donors (Lipinski definition) is 0. The molecule has 292 valence electrons. The Labute approximate surface area is 374 Å². The van der Waals surface area contributed by atoms with Crippen molar-refractivity contribution in [3.63, 3.8) is 0 Å². The molecule has 0 bridgehead atoms. The van der Waals surface area contributed by atoms with Crippen LogP contribution >= 0.6 is 11.8 Å². The van der Waals surface area contributed by atoms with Crippen molar-refractivity contribution in [1.82, 2.24) is 4.57 Å². The molecule has 0 saturated carbocycles. The van der Waals surface area contributed by atoms with E-state index in [1.54, 1.807) is 0 Å². The van der Waals surface area contributed by atoms with Crippen LogP contribution in [-0.4, -0.2) is 18.0 Å². The smallest absolute Gasteiger partial charge is 0.246 e. The first-order valence-electron chi connectivity index (χ1n) is 22.4. The van der Waals surface area contributed by atoms with Crippen molar-refractivity contribution < 1.29 is 0 Å². The van der Waals surface area contributed by atoms with Gasteiger partial charge in [-0.15, -0.1) is 0 Å². The van der Waals surface area contributed by atoms with Gasteiger partial charge in [-0.05, 0) is 118 Å². The number of benzene rings is 12. The molecule has 0 atom stereocenters. The molecule has 0 radical (unpaired) electrons. The normalized spacial score (nSPS) is 13.2. The van der Waals surface area contributed by atoms with Crippen LogP contribution in [0.3, 0.4) is 0 Å². The number of hydrogen-bond acceptors (Lipinski definition) is 1. The van der Waals surface area contributed by atoms with E-state index in [4.69, 9.17) is 0 Å². The minimum absolute atomic E-state index is 0.0107. The largest absolute Gasteiger partial charge is 0.310 e. The highest BCUT2D eigenvalue weighted by molar-refractivity contribution is 8.00. The topological polar surface area (TPSA) is 4.93 Å². The summed E-state index contributed by atoms with van der Waals surface area (Å²) in [5.74, 6) is 0. The maximum Gasteiger partial charge on any atom is 0.246 e. The fourth-order valence-corrected chi connectivity index (χ4v) is 12.9. The SMILES string of the molecule is c1ccc2c(c1)Sc1cc3c(cc1B2c1ccc2cc4ccccc4cc2c1)-n1c2ccc4ccccc4c2c2c4ccccc4cc(c21)B3c1ccc2cc3ccccc3cc2c1. The lowest BCUT2D eigenvalue weighted by Gasteiger charge is -2.32. The van der Waals surface area contributed by atoms with E-state index >= 15 is 0 Å². The van der Waals surface area contributed by atoms with E-state index < -0.39 is 0 Å². The molecule has 0 saturated heterocycles. The molecule has 0 amide bonds. The molecule has 1 nitrogen and oxygen atoms in total. The van der Waals surface area contributed by atoms with Crippen LogP contribution in [0.1, 0.15) is 0 Å². The van der Waals surface area contributed by atoms with Gasteiger partial charge in [0.05, 0.1) is 11.0 Å². The van der Waals surface area contributed by atoms with Gasteiger partial charge in [-0.3, -0.25) is 0 Å². The fourth-order valence-electron chi connectivity index (χ4n) is 11.8. The van der Waals surface area contributed by atoms with E-state index in [0.29, 0.717) is 0 Å². The maximum atomic E-state index is 2.65. The standard InChI is InChI=1S/C60H35B2NS/c1-3-14-39-29-44-31-46(24-21-41(44)27-37(39)12-1)61-50-19-9-10-20-56(50)64-57-35-51-55(34-52(57)61)63-54-26-23-36-11-5-7-17-48(36)58(54)59-49-18-8-6-16-43(49)33-53(60(59)63)62(51)47-25-22-42-28-38-13-2-4-15-40(38)30-45(42)32-47/h1-35H. The third kappa shape index (κ3) is 4.89. The van der Waals surface area contributed by atoms with Crippen LogP contribution in [0, 0.1) is 0 Å². The van der Waals surface area contributed by atoms with Crippen LogP contribution < -0.4 is 32.8 Å². The van der Waals surface area contributed by atoms with Crippen LogP contribution in [-0.2, 0) is 0 Å². The van der Waals surface area contributed by atoms with Gasteiger partial charge in [-0.1, -0.05) is 203 Å². The summed E-state index contributed by atoms with van der Waals surface area (Å²) >= 11 is 1.94. The average molecular weight is 824 g/mol. The van der Waals surface area contributed by atoms with Crippen molar-refractivity contribution in [1.29, 1.82) is 0 Å². The Balaban J connectivity index is 1.06. The molecule has 0 N–H and O–H groups in total. The van der Waals surface area contributed by atoms with E-state index in [1.807, 2.05) is 11.8 Å². The van der Waals surface area contributed by atoms with E-state index in [-0.39, 0.29) is 13.4 Å².